The summed E-state index contributed by atoms with van der Waals surface area (Å²) < 4.78 is 43.2. The quantitative estimate of drug-likeness (QED) is 0.458. The molecule has 1 aliphatic heterocycles. The van der Waals surface area contributed by atoms with E-state index in [4.69, 9.17) is 4.42 Å². The molecule has 10 heteroatoms. The van der Waals surface area contributed by atoms with Crippen molar-refractivity contribution in [1.82, 2.24) is 20.9 Å². The number of alkyl halides is 3. The summed E-state index contributed by atoms with van der Waals surface area (Å²) in [5, 5.41) is 9.02. The highest BCUT2D eigenvalue weighted by atomic mass is 19.4. The van der Waals surface area contributed by atoms with Crippen LogP contribution in [0.2, 0.25) is 0 Å². The molecule has 1 amide bonds. The van der Waals surface area contributed by atoms with Crippen molar-refractivity contribution in [3.8, 4) is 0 Å². The molecular formula is C21H26F3N5O2. The van der Waals surface area contributed by atoms with Gasteiger partial charge in [0.25, 0.3) is 0 Å². The first kappa shape index (κ1) is 22.7. The van der Waals surface area contributed by atoms with Crippen LogP contribution in [0, 0.1) is 0 Å². The lowest BCUT2D eigenvalue weighted by Gasteiger charge is -2.19. The van der Waals surface area contributed by atoms with Crippen LogP contribution in [0.4, 0.5) is 13.2 Å². The molecule has 31 heavy (non-hydrogen) atoms. The van der Waals surface area contributed by atoms with Gasteiger partial charge in [0, 0.05) is 32.7 Å². The Morgan fingerprint density at radius 2 is 2.00 bits per heavy atom. The molecule has 3 N–H and O–H groups in total. The topological polar surface area (TPSA) is 81.9 Å². The molecule has 0 radical (unpaired) electrons. The first-order valence-electron chi connectivity index (χ1n) is 9.98. The van der Waals surface area contributed by atoms with Crippen LogP contribution in [-0.2, 0) is 24.1 Å². The average molecular weight is 437 g/mol. The molecule has 2 aromatic rings. The number of carbonyl (C=O) groups excluding carboxylic acids is 1. The molecule has 168 valence electrons. The van der Waals surface area contributed by atoms with Gasteiger partial charge in [0.2, 0.25) is 5.91 Å². The third kappa shape index (κ3) is 7.02. The predicted octanol–water partition coefficient (Wildman–Crippen LogP) is 2.35. The molecule has 1 aliphatic rings. The van der Waals surface area contributed by atoms with E-state index in [9.17, 15) is 18.0 Å². The largest absolute Gasteiger partial charge is 0.467 e. The van der Waals surface area contributed by atoms with Gasteiger partial charge in [-0.2, -0.15) is 13.2 Å². The molecule has 7 nitrogen and oxygen atoms in total. The summed E-state index contributed by atoms with van der Waals surface area (Å²) in [7, 11) is 1.63. The first-order valence-corrected chi connectivity index (χ1v) is 9.98. The zero-order valence-electron chi connectivity index (χ0n) is 17.2. The Morgan fingerprint density at radius 1 is 1.23 bits per heavy atom. The van der Waals surface area contributed by atoms with Gasteiger partial charge in [-0.3, -0.25) is 14.7 Å². The SMILES string of the molecule is CN=C(NCC(=O)NCc1ccco1)NC1CCN(Cc2ccc(C(F)(F)F)cc2)C1. The highest BCUT2D eigenvalue weighted by Gasteiger charge is 2.30. The fraction of sp³-hybridized carbons (Fsp3) is 0.429. The Kier molecular flexibility index (Phi) is 7.56. The van der Waals surface area contributed by atoms with E-state index in [1.165, 1.54) is 12.1 Å². The number of hydrogen-bond donors (Lipinski definition) is 3. The van der Waals surface area contributed by atoms with Gasteiger partial charge in [0.15, 0.2) is 5.96 Å². The van der Waals surface area contributed by atoms with E-state index in [2.05, 4.69) is 25.8 Å². The van der Waals surface area contributed by atoms with Gasteiger partial charge in [-0.15, -0.1) is 0 Å². The molecule has 0 spiro atoms. The van der Waals surface area contributed by atoms with Crippen molar-refractivity contribution in [1.29, 1.82) is 0 Å². The van der Waals surface area contributed by atoms with E-state index >= 15 is 0 Å². The molecular weight excluding hydrogens is 411 g/mol. The minimum atomic E-state index is -4.32. The van der Waals surface area contributed by atoms with E-state index in [0.29, 0.717) is 24.8 Å². The second-order valence-electron chi connectivity index (χ2n) is 7.34. The molecule has 1 saturated heterocycles. The molecule has 0 bridgehead atoms. The summed E-state index contributed by atoms with van der Waals surface area (Å²) in [4.78, 5) is 18.3. The van der Waals surface area contributed by atoms with Gasteiger partial charge in [-0.25, -0.2) is 0 Å². The van der Waals surface area contributed by atoms with Crippen LogP contribution < -0.4 is 16.0 Å². The number of guanidine groups is 1. The van der Waals surface area contributed by atoms with Crippen LogP contribution in [0.25, 0.3) is 0 Å². The standard InChI is InChI=1S/C21H26F3N5O2/c1-25-20(27-12-19(30)26-11-18-3-2-10-31-18)28-17-8-9-29(14-17)13-15-4-6-16(7-5-15)21(22,23)24/h2-7,10,17H,8-9,11-14H2,1H3,(H,26,30)(H2,25,27,28). The zero-order chi connectivity index (χ0) is 22.3. The molecule has 2 heterocycles. The Morgan fingerprint density at radius 3 is 2.65 bits per heavy atom. The van der Waals surface area contributed by atoms with Gasteiger partial charge in [0.05, 0.1) is 24.9 Å². The number of nitrogens with zero attached hydrogens (tertiary/aromatic N) is 2. The van der Waals surface area contributed by atoms with Crippen molar-refractivity contribution in [3.05, 3.63) is 59.5 Å². The lowest BCUT2D eigenvalue weighted by molar-refractivity contribution is -0.137. The first-order chi connectivity index (χ1) is 14.8. The summed E-state index contributed by atoms with van der Waals surface area (Å²) in [5.74, 6) is 1.01. The Balaban J connectivity index is 1.39. The maximum atomic E-state index is 12.7. The van der Waals surface area contributed by atoms with Crippen LogP contribution >= 0.6 is 0 Å². The maximum Gasteiger partial charge on any atom is 0.416 e. The number of likely N-dealkylation sites (tertiary alicyclic amines) is 1. The monoisotopic (exact) mass is 437 g/mol. The Hall–Kier alpha value is -3.01. The summed E-state index contributed by atoms with van der Waals surface area (Å²) in [6.07, 6.45) is -1.90. The fourth-order valence-electron chi connectivity index (χ4n) is 3.36. The Bertz CT molecular complexity index is 866. The number of aliphatic imine (C=N–C) groups is 1. The minimum absolute atomic E-state index is 0.0718. The summed E-state index contributed by atoms with van der Waals surface area (Å²) in [6.45, 7) is 2.52. The number of carbonyl (C=O) groups is 1. The van der Waals surface area contributed by atoms with Crippen LogP contribution in [0.5, 0.6) is 0 Å². The number of hydrogen-bond acceptors (Lipinski definition) is 4. The van der Waals surface area contributed by atoms with Crippen molar-refractivity contribution in [2.24, 2.45) is 4.99 Å². The van der Waals surface area contributed by atoms with Gasteiger partial charge in [-0.1, -0.05) is 12.1 Å². The molecule has 1 atom stereocenters. The number of nitrogens with one attached hydrogen (secondary N) is 3. The second-order valence-corrected chi connectivity index (χ2v) is 7.34. The smallest absolute Gasteiger partial charge is 0.416 e. The van der Waals surface area contributed by atoms with E-state index in [1.807, 2.05) is 0 Å². The lowest BCUT2D eigenvalue weighted by Crippen LogP contribution is -2.47. The summed E-state index contributed by atoms with van der Waals surface area (Å²) >= 11 is 0. The van der Waals surface area contributed by atoms with Gasteiger partial charge >= 0.3 is 6.18 Å². The third-order valence-corrected chi connectivity index (χ3v) is 4.98. The van der Waals surface area contributed by atoms with Crippen LogP contribution in [0.1, 0.15) is 23.3 Å². The lowest BCUT2D eigenvalue weighted by atomic mass is 10.1. The molecule has 1 aromatic heterocycles. The van der Waals surface area contributed by atoms with E-state index < -0.39 is 11.7 Å². The molecule has 3 rings (SSSR count). The molecule has 0 saturated carbocycles. The number of rotatable bonds is 7. The maximum absolute atomic E-state index is 12.7. The van der Waals surface area contributed by atoms with Crippen molar-refractivity contribution in [2.45, 2.75) is 31.7 Å². The minimum Gasteiger partial charge on any atom is -0.467 e. The normalized spacial score (nSPS) is 17.5. The molecule has 1 aromatic carbocycles. The number of amides is 1. The van der Waals surface area contributed by atoms with Crippen molar-refractivity contribution in [3.63, 3.8) is 0 Å². The number of benzene rings is 1. The zero-order valence-corrected chi connectivity index (χ0v) is 17.2. The predicted molar refractivity (Wildman–Crippen MR) is 110 cm³/mol. The number of halogens is 3. The molecule has 1 unspecified atom stereocenters. The molecule has 1 fully saturated rings. The highest BCUT2D eigenvalue weighted by molar-refractivity contribution is 5.86. The van der Waals surface area contributed by atoms with Crippen molar-refractivity contribution in [2.75, 3.05) is 26.7 Å². The summed E-state index contributed by atoms with van der Waals surface area (Å²) in [5.41, 5.74) is 0.199. The van der Waals surface area contributed by atoms with Gasteiger partial charge < -0.3 is 20.4 Å². The van der Waals surface area contributed by atoms with E-state index in [0.717, 1.165) is 37.2 Å². The molecule has 0 aliphatic carbocycles. The van der Waals surface area contributed by atoms with Gasteiger partial charge in [0.1, 0.15) is 5.76 Å². The second kappa shape index (κ2) is 10.3. The average Bonchev–Trinajstić information content (AvgIpc) is 3.41. The van der Waals surface area contributed by atoms with Crippen LogP contribution in [0.15, 0.2) is 52.1 Å². The fourth-order valence-corrected chi connectivity index (χ4v) is 3.36. The Labute approximate surface area is 178 Å². The van der Waals surface area contributed by atoms with Crippen LogP contribution in [0.3, 0.4) is 0 Å². The van der Waals surface area contributed by atoms with Crippen LogP contribution in [-0.4, -0.2) is 49.5 Å². The van der Waals surface area contributed by atoms with E-state index in [-0.39, 0.29) is 18.5 Å². The van der Waals surface area contributed by atoms with Crippen molar-refractivity contribution >= 4 is 11.9 Å². The number of furan rings is 1. The third-order valence-electron chi connectivity index (χ3n) is 4.98. The summed E-state index contributed by atoms with van der Waals surface area (Å²) in [6, 6.07) is 8.94. The van der Waals surface area contributed by atoms with Gasteiger partial charge in [-0.05, 0) is 36.2 Å². The van der Waals surface area contributed by atoms with E-state index in [1.54, 1.807) is 25.4 Å². The highest BCUT2D eigenvalue weighted by Crippen LogP contribution is 2.29. The van der Waals surface area contributed by atoms with Crippen molar-refractivity contribution < 1.29 is 22.4 Å².